The Balaban J connectivity index is 1.67. The fourth-order valence-corrected chi connectivity index (χ4v) is 5.80. The number of hydrogen-bond acceptors (Lipinski definition) is 3. The largest absolute Gasteiger partial charge is 0.327 e. The first-order valence-electron chi connectivity index (χ1n) is 10.7. The second kappa shape index (κ2) is 9.86. The Kier molecular flexibility index (Phi) is 7.47. The lowest BCUT2D eigenvalue weighted by Crippen LogP contribution is -2.34. The molecular weight excluding hydrogens is 385 g/mol. The van der Waals surface area contributed by atoms with Crippen LogP contribution in [0.15, 0.2) is 42.5 Å². The van der Waals surface area contributed by atoms with Gasteiger partial charge in [-0.3, -0.25) is 0 Å². The topological polar surface area (TPSA) is 60.2 Å². The first-order chi connectivity index (χ1) is 13.9. The molecule has 0 fully saturated rings. The van der Waals surface area contributed by atoms with Crippen LogP contribution in [0.3, 0.4) is 0 Å². The highest BCUT2D eigenvalue weighted by atomic mass is 32.2. The Bertz CT molecular complexity index is 909. The van der Waals surface area contributed by atoms with Crippen LogP contribution in [0.2, 0.25) is 0 Å². The van der Waals surface area contributed by atoms with Crippen LogP contribution in [-0.2, 0) is 29.1 Å². The number of rotatable bonds is 9. The average Bonchev–Trinajstić information content (AvgIpc) is 2.69. The van der Waals surface area contributed by atoms with Gasteiger partial charge in [-0.15, -0.1) is 0 Å². The maximum Gasteiger partial charge on any atom is 0.150 e. The van der Waals surface area contributed by atoms with E-state index in [0.29, 0.717) is 12.8 Å². The van der Waals surface area contributed by atoms with Gasteiger partial charge in [-0.2, -0.15) is 0 Å². The molecule has 1 aliphatic carbocycles. The molecule has 0 saturated carbocycles. The summed E-state index contributed by atoms with van der Waals surface area (Å²) in [6.45, 7) is 1.90. The molecule has 1 aliphatic rings. The Morgan fingerprint density at radius 2 is 1.76 bits per heavy atom. The van der Waals surface area contributed by atoms with Gasteiger partial charge in [-0.25, -0.2) is 12.8 Å². The minimum atomic E-state index is -2.90. The fraction of sp³-hybridized carbons (Fsp3) is 0.500. The van der Waals surface area contributed by atoms with Crippen LogP contribution in [-0.4, -0.2) is 26.0 Å². The van der Waals surface area contributed by atoms with Gasteiger partial charge in [0.2, 0.25) is 0 Å². The molecule has 0 aromatic heterocycles. The van der Waals surface area contributed by atoms with Gasteiger partial charge >= 0.3 is 0 Å². The fourth-order valence-electron chi connectivity index (χ4n) is 4.33. The normalized spacial score (nSPS) is 19.1. The summed E-state index contributed by atoms with van der Waals surface area (Å²) in [4.78, 5) is 0. The van der Waals surface area contributed by atoms with Crippen molar-refractivity contribution in [3.63, 3.8) is 0 Å². The summed E-state index contributed by atoms with van der Waals surface area (Å²) in [5.41, 5.74) is 11.5. The van der Waals surface area contributed by atoms with E-state index in [1.165, 1.54) is 28.8 Å². The van der Waals surface area contributed by atoms with Crippen molar-refractivity contribution in [2.24, 2.45) is 5.73 Å². The molecule has 0 heterocycles. The van der Waals surface area contributed by atoms with E-state index in [1.54, 1.807) is 0 Å². The first kappa shape index (κ1) is 22.0. The van der Waals surface area contributed by atoms with Gasteiger partial charge in [-0.1, -0.05) is 37.3 Å². The summed E-state index contributed by atoms with van der Waals surface area (Å²) < 4.78 is 37.0. The summed E-state index contributed by atoms with van der Waals surface area (Å²) in [7, 11) is -2.90. The Labute approximate surface area is 174 Å². The molecule has 0 amide bonds. The average molecular weight is 418 g/mol. The predicted molar refractivity (Wildman–Crippen MR) is 117 cm³/mol. The standard InChI is InChI=1S/C24H32FNO2S/c1-2-14-29(27,28)15-4-3-5-18-6-9-20-10-13-24(26)23(22(20)16-18)17-19-7-11-21(25)12-8-19/h6-9,11-12,16,23-24H,2-5,10,13-15,17,26H2,1H3. The van der Waals surface area contributed by atoms with Gasteiger partial charge in [0, 0.05) is 17.7 Å². The molecule has 2 aromatic rings. The van der Waals surface area contributed by atoms with E-state index in [0.717, 1.165) is 37.7 Å². The van der Waals surface area contributed by atoms with Gasteiger partial charge in [0.1, 0.15) is 15.7 Å². The van der Waals surface area contributed by atoms with Crippen molar-refractivity contribution < 1.29 is 12.8 Å². The van der Waals surface area contributed by atoms with Crippen molar-refractivity contribution in [2.75, 3.05) is 11.5 Å². The van der Waals surface area contributed by atoms with Gasteiger partial charge < -0.3 is 5.73 Å². The third kappa shape index (κ3) is 6.13. The summed E-state index contributed by atoms with van der Waals surface area (Å²) >= 11 is 0. The third-order valence-electron chi connectivity index (χ3n) is 5.93. The number of fused-ring (bicyclic) bond motifs is 1. The number of benzene rings is 2. The molecule has 0 bridgehead atoms. The number of hydrogen-bond donors (Lipinski definition) is 1. The molecular formula is C24H32FNO2S. The number of aryl methyl sites for hydroxylation is 2. The summed E-state index contributed by atoms with van der Waals surface area (Å²) in [6.07, 6.45) is 5.91. The van der Waals surface area contributed by atoms with E-state index in [9.17, 15) is 12.8 Å². The number of nitrogens with two attached hydrogens (primary N) is 1. The maximum absolute atomic E-state index is 13.2. The molecule has 3 nitrogen and oxygen atoms in total. The highest BCUT2D eigenvalue weighted by Crippen LogP contribution is 2.34. The van der Waals surface area contributed by atoms with Gasteiger partial charge in [0.05, 0.1) is 5.75 Å². The van der Waals surface area contributed by atoms with Crippen LogP contribution >= 0.6 is 0 Å². The Morgan fingerprint density at radius 1 is 1.03 bits per heavy atom. The first-order valence-corrected chi connectivity index (χ1v) is 12.5. The van der Waals surface area contributed by atoms with Crippen LogP contribution in [0, 0.1) is 5.82 Å². The van der Waals surface area contributed by atoms with E-state index < -0.39 is 9.84 Å². The number of unbranched alkanes of at least 4 members (excludes halogenated alkanes) is 1. The Morgan fingerprint density at radius 3 is 2.48 bits per heavy atom. The zero-order valence-corrected chi connectivity index (χ0v) is 18.1. The SMILES string of the molecule is CCCS(=O)(=O)CCCCc1ccc2c(c1)C(Cc1ccc(F)cc1)C(N)CC2. The molecule has 0 radical (unpaired) electrons. The van der Waals surface area contributed by atoms with Crippen LogP contribution in [0.5, 0.6) is 0 Å². The molecule has 3 rings (SSSR count). The van der Waals surface area contributed by atoms with Crippen molar-refractivity contribution in [3.8, 4) is 0 Å². The molecule has 2 unspecified atom stereocenters. The van der Waals surface area contributed by atoms with Crippen LogP contribution in [0.4, 0.5) is 4.39 Å². The van der Waals surface area contributed by atoms with Gasteiger partial charge in [-0.05, 0) is 79.3 Å². The molecule has 2 aromatic carbocycles. The van der Waals surface area contributed by atoms with E-state index >= 15 is 0 Å². The second-order valence-corrected chi connectivity index (χ2v) is 10.6. The Hall–Kier alpha value is -1.72. The summed E-state index contributed by atoms with van der Waals surface area (Å²) in [5.74, 6) is 0.581. The van der Waals surface area contributed by atoms with E-state index in [1.807, 2.05) is 19.1 Å². The maximum atomic E-state index is 13.2. The third-order valence-corrected chi connectivity index (χ3v) is 7.87. The van der Waals surface area contributed by atoms with Crippen molar-refractivity contribution in [1.29, 1.82) is 0 Å². The minimum Gasteiger partial charge on any atom is -0.327 e. The number of sulfone groups is 1. The molecule has 0 saturated heterocycles. The van der Waals surface area contributed by atoms with E-state index in [-0.39, 0.29) is 29.3 Å². The highest BCUT2D eigenvalue weighted by molar-refractivity contribution is 7.91. The van der Waals surface area contributed by atoms with Crippen molar-refractivity contribution >= 4 is 9.84 Å². The zero-order valence-electron chi connectivity index (χ0n) is 17.2. The van der Waals surface area contributed by atoms with Crippen LogP contribution in [0.25, 0.3) is 0 Å². The van der Waals surface area contributed by atoms with Crippen molar-refractivity contribution in [3.05, 3.63) is 70.5 Å². The minimum absolute atomic E-state index is 0.0991. The lowest BCUT2D eigenvalue weighted by atomic mass is 9.76. The molecule has 158 valence electrons. The van der Waals surface area contributed by atoms with Crippen LogP contribution < -0.4 is 5.73 Å². The zero-order chi connectivity index (χ0) is 20.9. The monoisotopic (exact) mass is 417 g/mol. The lowest BCUT2D eigenvalue weighted by molar-refractivity contribution is 0.467. The molecule has 5 heteroatoms. The second-order valence-electron chi connectivity index (χ2n) is 8.28. The molecule has 29 heavy (non-hydrogen) atoms. The molecule has 2 N–H and O–H groups in total. The van der Waals surface area contributed by atoms with Crippen LogP contribution in [0.1, 0.15) is 60.8 Å². The summed E-state index contributed by atoms with van der Waals surface area (Å²) in [6, 6.07) is 13.5. The molecule has 0 spiro atoms. The predicted octanol–water partition coefficient (Wildman–Crippen LogP) is 4.57. The smallest absolute Gasteiger partial charge is 0.150 e. The van der Waals surface area contributed by atoms with E-state index in [4.69, 9.17) is 5.73 Å². The number of halogens is 1. The van der Waals surface area contributed by atoms with Crippen molar-refractivity contribution in [1.82, 2.24) is 0 Å². The van der Waals surface area contributed by atoms with Gasteiger partial charge in [0.25, 0.3) is 0 Å². The van der Waals surface area contributed by atoms with E-state index in [2.05, 4.69) is 18.2 Å². The quantitative estimate of drug-likeness (QED) is 0.608. The summed E-state index contributed by atoms with van der Waals surface area (Å²) in [5, 5.41) is 0. The van der Waals surface area contributed by atoms with Gasteiger partial charge in [0.15, 0.2) is 0 Å². The highest BCUT2D eigenvalue weighted by Gasteiger charge is 2.27. The molecule has 0 aliphatic heterocycles. The molecule has 2 atom stereocenters. The lowest BCUT2D eigenvalue weighted by Gasteiger charge is -2.32. The van der Waals surface area contributed by atoms with Crippen molar-refractivity contribution in [2.45, 2.75) is 63.8 Å².